The van der Waals surface area contributed by atoms with Gasteiger partial charge in [-0.05, 0) is 54.5 Å². The van der Waals surface area contributed by atoms with Crippen LogP contribution in [0.5, 0.6) is 0 Å². The molecule has 4 nitrogen and oxygen atoms in total. The molecule has 0 unspecified atom stereocenters. The largest absolute Gasteiger partial charge is 0.343 e. The Labute approximate surface area is 164 Å². The average Bonchev–Trinajstić information content (AvgIpc) is 3.23. The summed E-state index contributed by atoms with van der Waals surface area (Å²) in [6.45, 7) is 1.56. The molecule has 0 atom stereocenters. The number of nitrogens with zero attached hydrogens (tertiary/aromatic N) is 3. The van der Waals surface area contributed by atoms with Crippen LogP contribution >= 0.6 is 0 Å². The van der Waals surface area contributed by atoms with Crippen LogP contribution < -0.4 is 0 Å². The number of amides is 1. The van der Waals surface area contributed by atoms with Gasteiger partial charge in [0, 0.05) is 25.7 Å². The second-order valence-electron chi connectivity index (χ2n) is 7.34. The first kappa shape index (κ1) is 18.4. The van der Waals surface area contributed by atoms with E-state index in [1.54, 1.807) is 10.7 Å². The molecule has 2 heterocycles. The second kappa shape index (κ2) is 8.38. The highest BCUT2D eigenvalue weighted by molar-refractivity contribution is 5.76. The van der Waals surface area contributed by atoms with Crippen molar-refractivity contribution in [3.05, 3.63) is 83.9 Å². The zero-order chi connectivity index (χ0) is 19.3. The lowest BCUT2D eigenvalue weighted by atomic mass is 9.91. The maximum Gasteiger partial charge on any atom is 0.222 e. The first-order valence-corrected chi connectivity index (χ1v) is 9.81. The molecule has 144 valence electrons. The van der Waals surface area contributed by atoms with Gasteiger partial charge < -0.3 is 4.90 Å². The van der Waals surface area contributed by atoms with Crippen LogP contribution in [0.3, 0.4) is 0 Å². The van der Waals surface area contributed by atoms with Gasteiger partial charge in [-0.25, -0.2) is 9.07 Å². The number of rotatable bonds is 5. The number of carbonyl (C=O) groups is 1. The first-order chi connectivity index (χ1) is 13.7. The number of likely N-dealkylation sites (tertiary alicyclic amines) is 1. The Hall–Kier alpha value is -2.95. The molecule has 1 aliphatic heterocycles. The second-order valence-corrected chi connectivity index (χ2v) is 7.34. The van der Waals surface area contributed by atoms with Crippen LogP contribution in [0.1, 0.15) is 36.3 Å². The monoisotopic (exact) mass is 377 g/mol. The van der Waals surface area contributed by atoms with E-state index in [4.69, 9.17) is 0 Å². The molecule has 28 heavy (non-hydrogen) atoms. The third-order valence-corrected chi connectivity index (χ3v) is 5.46. The summed E-state index contributed by atoms with van der Waals surface area (Å²) in [6.07, 6.45) is 7.07. The Balaban J connectivity index is 1.31. The van der Waals surface area contributed by atoms with Gasteiger partial charge in [0.2, 0.25) is 5.91 Å². The fourth-order valence-corrected chi connectivity index (χ4v) is 3.82. The van der Waals surface area contributed by atoms with E-state index >= 15 is 0 Å². The van der Waals surface area contributed by atoms with E-state index in [-0.39, 0.29) is 11.7 Å². The minimum absolute atomic E-state index is 0.234. The van der Waals surface area contributed by atoms with Gasteiger partial charge in [0.05, 0.1) is 11.9 Å². The molecule has 3 aromatic rings. The highest BCUT2D eigenvalue weighted by atomic mass is 19.1. The maximum atomic E-state index is 13.4. The van der Waals surface area contributed by atoms with Gasteiger partial charge in [-0.3, -0.25) is 4.79 Å². The highest BCUT2D eigenvalue weighted by Gasteiger charge is 2.24. The highest BCUT2D eigenvalue weighted by Crippen LogP contribution is 2.28. The zero-order valence-corrected chi connectivity index (χ0v) is 15.8. The summed E-state index contributed by atoms with van der Waals surface area (Å²) >= 11 is 0. The Bertz CT molecular complexity index is 930. The minimum atomic E-state index is -0.267. The van der Waals surface area contributed by atoms with Crippen molar-refractivity contribution >= 4 is 5.91 Å². The van der Waals surface area contributed by atoms with E-state index in [1.807, 2.05) is 41.6 Å². The van der Waals surface area contributed by atoms with Gasteiger partial charge in [-0.15, -0.1) is 0 Å². The van der Waals surface area contributed by atoms with Crippen LogP contribution in [-0.2, 0) is 11.2 Å². The smallest absolute Gasteiger partial charge is 0.222 e. The summed E-state index contributed by atoms with van der Waals surface area (Å²) in [4.78, 5) is 14.5. The molecule has 0 saturated carbocycles. The Kier molecular flexibility index (Phi) is 5.51. The Morgan fingerprint density at radius 2 is 1.86 bits per heavy atom. The van der Waals surface area contributed by atoms with E-state index in [2.05, 4.69) is 17.2 Å². The van der Waals surface area contributed by atoms with Crippen molar-refractivity contribution < 1.29 is 9.18 Å². The van der Waals surface area contributed by atoms with Crippen LogP contribution in [-0.4, -0.2) is 33.7 Å². The van der Waals surface area contributed by atoms with Crippen molar-refractivity contribution in [2.24, 2.45) is 0 Å². The molecule has 1 aromatic heterocycles. The zero-order valence-electron chi connectivity index (χ0n) is 15.8. The molecule has 0 aliphatic carbocycles. The van der Waals surface area contributed by atoms with Crippen LogP contribution in [0.25, 0.3) is 5.69 Å². The number of benzene rings is 2. The molecule has 2 aromatic carbocycles. The van der Waals surface area contributed by atoms with E-state index in [1.165, 1.54) is 17.7 Å². The van der Waals surface area contributed by atoms with E-state index in [0.29, 0.717) is 12.3 Å². The topological polar surface area (TPSA) is 38.1 Å². The number of aryl methyl sites for hydroxylation is 1. The minimum Gasteiger partial charge on any atom is -0.343 e. The quantitative estimate of drug-likeness (QED) is 0.663. The maximum absolute atomic E-state index is 13.4. The summed E-state index contributed by atoms with van der Waals surface area (Å²) in [5, 5.41) is 4.39. The molecule has 1 amide bonds. The molecule has 1 saturated heterocycles. The third kappa shape index (κ3) is 4.30. The van der Waals surface area contributed by atoms with Crippen molar-refractivity contribution in [1.29, 1.82) is 0 Å². The van der Waals surface area contributed by atoms with Crippen molar-refractivity contribution in [1.82, 2.24) is 14.7 Å². The van der Waals surface area contributed by atoms with Crippen LogP contribution in [0, 0.1) is 5.82 Å². The summed E-state index contributed by atoms with van der Waals surface area (Å²) in [7, 11) is 0. The number of carbonyl (C=O) groups excluding carboxylic acids is 1. The lowest BCUT2D eigenvalue weighted by Gasteiger charge is -2.31. The predicted molar refractivity (Wildman–Crippen MR) is 107 cm³/mol. The lowest BCUT2D eigenvalue weighted by Crippen LogP contribution is -2.38. The van der Waals surface area contributed by atoms with E-state index in [9.17, 15) is 9.18 Å². The predicted octanol–water partition coefficient (Wildman–Crippen LogP) is 4.35. The molecule has 0 bridgehead atoms. The van der Waals surface area contributed by atoms with Crippen molar-refractivity contribution in [2.45, 2.75) is 31.6 Å². The molecule has 0 N–H and O–H groups in total. The number of hydrogen-bond acceptors (Lipinski definition) is 2. The van der Waals surface area contributed by atoms with Gasteiger partial charge in [-0.2, -0.15) is 5.10 Å². The standard InChI is InChI=1S/C23H24FN3O/c24-21-7-4-8-22(15-21)27-17-20(16-25-27)19-11-13-26(14-12-19)23(28)10-9-18-5-2-1-3-6-18/h1-8,15-17,19H,9-14H2. The van der Waals surface area contributed by atoms with Crippen molar-refractivity contribution in [3.63, 3.8) is 0 Å². The summed E-state index contributed by atoms with van der Waals surface area (Å²) < 4.78 is 15.1. The molecule has 1 fully saturated rings. The molecular formula is C23H24FN3O. The van der Waals surface area contributed by atoms with Gasteiger partial charge in [0.1, 0.15) is 5.82 Å². The first-order valence-electron chi connectivity index (χ1n) is 9.81. The Morgan fingerprint density at radius 1 is 1.07 bits per heavy atom. The number of hydrogen-bond donors (Lipinski definition) is 0. The molecular weight excluding hydrogens is 353 g/mol. The number of piperidine rings is 1. The van der Waals surface area contributed by atoms with Crippen molar-refractivity contribution in [3.8, 4) is 5.69 Å². The molecule has 4 rings (SSSR count). The summed E-state index contributed by atoms with van der Waals surface area (Å²) in [6, 6.07) is 16.6. The molecule has 5 heteroatoms. The normalized spacial score (nSPS) is 15.0. The third-order valence-electron chi connectivity index (χ3n) is 5.46. The van der Waals surface area contributed by atoms with Crippen LogP contribution in [0.2, 0.25) is 0 Å². The number of halogens is 1. The molecule has 0 spiro atoms. The molecule has 1 aliphatic rings. The van der Waals surface area contributed by atoms with Crippen LogP contribution in [0.4, 0.5) is 4.39 Å². The van der Waals surface area contributed by atoms with Gasteiger partial charge in [-0.1, -0.05) is 36.4 Å². The fraction of sp³-hybridized carbons (Fsp3) is 0.304. The van der Waals surface area contributed by atoms with Crippen LogP contribution in [0.15, 0.2) is 67.0 Å². The Morgan fingerprint density at radius 3 is 2.61 bits per heavy atom. The number of aromatic nitrogens is 2. The van der Waals surface area contributed by atoms with Crippen molar-refractivity contribution in [2.75, 3.05) is 13.1 Å². The summed E-state index contributed by atoms with van der Waals surface area (Å²) in [5.41, 5.74) is 3.08. The fourth-order valence-electron chi connectivity index (χ4n) is 3.82. The molecule has 0 radical (unpaired) electrons. The SMILES string of the molecule is O=C(CCc1ccccc1)N1CCC(c2cnn(-c3cccc(F)c3)c2)CC1. The summed E-state index contributed by atoms with van der Waals surface area (Å²) in [5.74, 6) is 0.357. The van der Waals surface area contributed by atoms with Gasteiger partial charge in [0.25, 0.3) is 0 Å². The van der Waals surface area contributed by atoms with E-state index < -0.39 is 0 Å². The average molecular weight is 377 g/mol. The van der Waals surface area contributed by atoms with Gasteiger partial charge in [0.15, 0.2) is 0 Å². The van der Waals surface area contributed by atoms with E-state index in [0.717, 1.165) is 43.6 Å². The van der Waals surface area contributed by atoms with Gasteiger partial charge >= 0.3 is 0 Å². The lowest BCUT2D eigenvalue weighted by molar-refractivity contribution is -0.132.